The van der Waals surface area contributed by atoms with Crippen molar-refractivity contribution >= 4 is 22.4 Å². The Kier molecular flexibility index (Phi) is 6.64. The van der Waals surface area contributed by atoms with Crippen LogP contribution in [-0.2, 0) is 11.2 Å². The summed E-state index contributed by atoms with van der Waals surface area (Å²) in [6, 6.07) is 0. The zero-order chi connectivity index (χ0) is 13.4. The quantitative estimate of drug-likeness (QED) is 0.699. The molecule has 0 aliphatic carbocycles. The molecule has 1 heterocycles. The van der Waals surface area contributed by atoms with E-state index in [1.165, 1.54) is 0 Å². The lowest BCUT2D eigenvalue weighted by atomic mass is 10.2. The van der Waals surface area contributed by atoms with E-state index in [0.29, 0.717) is 6.54 Å². The molecule has 0 spiro atoms. The van der Waals surface area contributed by atoms with E-state index in [1.54, 1.807) is 11.3 Å². The minimum Gasteiger partial charge on any atom is -0.481 e. The van der Waals surface area contributed by atoms with Crippen LogP contribution in [0.1, 0.15) is 44.5 Å². The fourth-order valence-corrected chi connectivity index (χ4v) is 2.43. The van der Waals surface area contributed by atoms with Gasteiger partial charge in [0.05, 0.1) is 6.42 Å². The number of aliphatic carboxylic acids is 1. The molecule has 0 bridgehead atoms. The van der Waals surface area contributed by atoms with Crippen molar-refractivity contribution in [1.82, 2.24) is 10.2 Å². The van der Waals surface area contributed by atoms with Gasteiger partial charge in [0.2, 0.25) is 5.13 Å². The average molecular weight is 271 g/mol. The third-order valence-electron chi connectivity index (χ3n) is 2.66. The standard InChI is InChI=1S/C12H21N3O2S/c1-3-5-6-8-15(9-7-11(16)17)12-14-13-10(4-2)18-12/h3-9H2,1-2H3,(H,16,17). The number of hydrogen-bond donors (Lipinski definition) is 1. The first-order chi connectivity index (χ1) is 8.67. The van der Waals surface area contributed by atoms with Crippen molar-refractivity contribution in [2.24, 2.45) is 0 Å². The van der Waals surface area contributed by atoms with E-state index in [1.807, 2.05) is 11.8 Å². The van der Waals surface area contributed by atoms with Crippen LogP contribution in [0.5, 0.6) is 0 Å². The van der Waals surface area contributed by atoms with Crippen LogP contribution in [0.15, 0.2) is 0 Å². The largest absolute Gasteiger partial charge is 0.481 e. The molecular formula is C12H21N3O2S. The number of rotatable bonds is 9. The van der Waals surface area contributed by atoms with Crippen molar-refractivity contribution in [2.75, 3.05) is 18.0 Å². The number of nitrogens with zero attached hydrogens (tertiary/aromatic N) is 3. The molecule has 0 aromatic carbocycles. The van der Waals surface area contributed by atoms with Gasteiger partial charge in [0, 0.05) is 13.1 Å². The SMILES string of the molecule is CCCCCN(CCC(=O)O)c1nnc(CC)s1. The first-order valence-corrected chi connectivity index (χ1v) is 7.28. The molecule has 1 aromatic heterocycles. The molecule has 0 saturated carbocycles. The molecule has 0 aliphatic heterocycles. The number of carboxylic acid groups (broad SMARTS) is 1. The van der Waals surface area contributed by atoms with Crippen LogP contribution in [0.2, 0.25) is 0 Å². The molecule has 0 fully saturated rings. The number of carbonyl (C=O) groups is 1. The Morgan fingerprint density at radius 3 is 2.61 bits per heavy atom. The lowest BCUT2D eigenvalue weighted by molar-refractivity contribution is -0.136. The number of unbranched alkanes of at least 4 members (excludes halogenated alkanes) is 2. The van der Waals surface area contributed by atoms with Crippen LogP contribution in [0.4, 0.5) is 5.13 Å². The Morgan fingerprint density at radius 2 is 2.06 bits per heavy atom. The van der Waals surface area contributed by atoms with E-state index in [-0.39, 0.29) is 6.42 Å². The first-order valence-electron chi connectivity index (χ1n) is 6.46. The summed E-state index contributed by atoms with van der Waals surface area (Å²) >= 11 is 1.56. The molecule has 0 saturated heterocycles. The maximum Gasteiger partial charge on any atom is 0.305 e. The van der Waals surface area contributed by atoms with E-state index in [4.69, 9.17) is 5.11 Å². The van der Waals surface area contributed by atoms with Crippen molar-refractivity contribution < 1.29 is 9.90 Å². The Morgan fingerprint density at radius 1 is 1.28 bits per heavy atom. The Bertz CT molecular complexity index is 368. The molecule has 0 radical (unpaired) electrons. The van der Waals surface area contributed by atoms with Crippen molar-refractivity contribution in [2.45, 2.75) is 46.0 Å². The van der Waals surface area contributed by atoms with E-state index < -0.39 is 5.97 Å². The van der Waals surface area contributed by atoms with Gasteiger partial charge in [-0.2, -0.15) is 0 Å². The molecule has 1 rings (SSSR count). The molecule has 0 amide bonds. The summed E-state index contributed by atoms with van der Waals surface area (Å²) in [5.74, 6) is -0.768. The lowest BCUT2D eigenvalue weighted by Gasteiger charge is -2.20. The molecule has 0 aliphatic rings. The van der Waals surface area contributed by atoms with E-state index in [9.17, 15) is 4.79 Å². The highest BCUT2D eigenvalue weighted by molar-refractivity contribution is 7.15. The number of carboxylic acids is 1. The summed E-state index contributed by atoms with van der Waals surface area (Å²) in [5.41, 5.74) is 0. The predicted octanol–water partition coefficient (Wildman–Crippen LogP) is 2.57. The minimum absolute atomic E-state index is 0.146. The van der Waals surface area contributed by atoms with Crippen molar-refractivity contribution in [1.29, 1.82) is 0 Å². The highest BCUT2D eigenvalue weighted by Gasteiger charge is 2.13. The van der Waals surface area contributed by atoms with Gasteiger partial charge in [-0.05, 0) is 12.8 Å². The second kappa shape index (κ2) is 8.02. The predicted molar refractivity (Wildman–Crippen MR) is 73.3 cm³/mol. The van der Waals surface area contributed by atoms with Crippen molar-refractivity contribution in [3.8, 4) is 0 Å². The fourth-order valence-electron chi connectivity index (χ4n) is 1.60. The normalized spacial score (nSPS) is 10.6. The molecule has 6 heteroatoms. The maximum atomic E-state index is 10.7. The molecule has 5 nitrogen and oxygen atoms in total. The van der Waals surface area contributed by atoms with E-state index in [2.05, 4.69) is 17.1 Å². The Hall–Kier alpha value is -1.17. The average Bonchev–Trinajstić information content (AvgIpc) is 2.82. The van der Waals surface area contributed by atoms with Gasteiger partial charge in [-0.3, -0.25) is 4.79 Å². The van der Waals surface area contributed by atoms with E-state index >= 15 is 0 Å². The molecule has 0 atom stereocenters. The number of hydrogen-bond acceptors (Lipinski definition) is 5. The second-order valence-corrected chi connectivity index (χ2v) is 5.21. The summed E-state index contributed by atoms with van der Waals surface area (Å²) in [5, 5.41) is 18.9. The number of aryl methyl sites for hydroxylation is 1. The van der Waals surface area contributed by atoms with Crippen molar-refractivity contribution in [3.05, 3.63) is 5.01 Å². The number of aromatic nitrogens is 2. The molecule has 1 aromatic rings. The first kappa shape index (κ1) is 14.9. The summed E-state index contributed by atoms with van der Waals surface area (Å²) in [6.07, 6.45) is 4.40. The zero-order valence-corrected chi connectivity index (χ0v) is 11.9. The molecule has 1 N–H and O–H groups in total. The van der Waals surface area contributed by atoms with Crippen LogP contribution in [0.25, 0.3) is 0 Å². The number of anilines is 1. The minimum atomic E-state index is -0.768. The fraction of sp³-hybridized carbons (Fsp3) is 0.750. The highest BCUT2D eigenvalue weighted by atomic mass is 32.1. The van der Waals surface area contributed by atoms with Gasteiger partial charge >= 0.3 is 5.97 Å². The molecule has 102 valence electrons. The van der Waals surface area contributed by atoms with E-state index in [0.717, 1.165) is 42.4 Å². The monoisotopic (exact) mass is 271 g/mol. The lowest BCUT2D eigenvalue weighted by Crippen LogP contribution is -2.27. The van der Waals surface area contributed by atoms with Gasteiger partial charge in [-0.25, -0.2) is 0 Å². The van der Waals surface area contributed by atoms with Gasteiger partial charge in [0.1, 0.15) is 5.01 Å². The van der Waals surface area contributed by atoms with Crippen molar-refractivity contribution in [3.63, 3.8) is 0 Å². The zero-order valence-electron chi connectivity index (χ0n) is 11.1. The second-order valence-electron chi connectivity index (χ2n) is 4.17. The topological polar surface area (TPSA) is 66.3 Å². The van der Waals surface area contributed by atoms with Crippen LogP contribution < -0.4 is 4.90 Å². The van der Waals surface area contributed by atoms with Gasteiger partial charge in [-0.15, -0.1) is 10.2 Å². The highest BCUT2D eigenvalue weighted by Crippen LogP contribution is 2.21. The van der Waals surface area contributed by atoms with Gasteiger partial charge in [0.25, 0.3) is 0 Å². The van der Waals surface area contributed by atoms with Gasteiger partial charge < -0.3 is 10.0 Å². The third kappa shape index (κ3) is 5.00. The summed E-state index contributed by atoms with van der Waals surface area (Å²) in [6.45, 7) is 5.57. The molecular weight excluding hydrogens is 250 g/mol. The van der Waals surface area contributed by atoms with Crippen LogP contribution in [0.3, 0.4) is 0 Å². The van der Waals surface area contributed by atoms with Gasteiger partial charge in [-0.1, -0.05) is 38.0 Å². The molecule has 18 heavy (non-hydrogen) atoms. The molecule has 0 unspecified atom stereocenters. The smallest absolute Gasteiger partial charge is 0.305 e. The maximum absolute atomic E-state index is 10.7. The summed E-state index contributed by atoms with van der Waals surface area (Å²) in [7, 11) is 0. The van der Waals surface area contributed by atoms with Crippen LogP contribution >= 0.6 is 11.3 Å². The van der Waals surface area contributed by atoms with Crippen LogP contribution in [0, 0.1) is 0 Å². The summed E-state index contributed by atoms with van der Waals surface area (Å²) in [4.78, 5) is 12.7. The third-order valence-corrected chi connectivity index (χ3v) is 3.78. The Labute approximate surface area is 112 Å². The van der Waals surface area contributed by atoms with Gasteiger partial charge in [0.15, 0.2) is 0 Å². The van der Waals surface area contributed by atoms with Crippen LogP contribution in [-0.4, -0.2) is 34.4 Å². The summed E-state index contributed by atoms with van der Waals surface area (Å²) < 4.78 is 0. The Balaban J connectivity index is 2.59.